The molecule has 0 atom stereocenters. The summed E-state index contributed by atoms with van der Waals surface area (Å²) in [6.45, 7) is 0. The predicted octanol–water partition coefficient (Wildman–Crippen LogP) is 3.09. The van der Waals surface area contributed by atoms with Gasteiger partial charge in [0.2, 0.25) is 0 Å². The second kappa shape index (κ2) is 4.73. The Kier molecular flexibility index (Phi) is 2.90. The molecule has 0 fully saturated rings. The first-order valence-electron chi connectivity index (χ1n) is 5.83. The smallest absolute Gasteiger partial charge is 0.258 e. The van der Waals surface area contributed by atoms with Gasteiger partial charge in [-0.3, -0.25) is 9.89 Å². The summed E-state index contributed by atoms with van der Waals surface area (Å²) in [4.78, 5) is 12.0. The van der Waals surface area contributed by atoms with E-state index in [-0.39, 0.29) is 5.56 Å². The van der Waals surface area contributed by atoms with Crippen LogP contribution in [0.4, 0.5) is 14.5 Å². The quantitative estimate of drug-likeness (QED) is 0.753. The molecule has 0 aliphatic carbocycles. The Morgan fingerprint density at radius 3 is 2.85 bits per heavy atom. The first-order chi connectivity index (χ1) is 9.65. The predicted molar refractivity (Wildman–Crippen MR) is 70.4 cm³/mol. The zero-order chi connectivity index (χ0) is 14.1. The fourth-order valence-corrected chi connectivity index (χ4v) is 1.94. The maximum absolute atomic E-state index is 13.5. The zero-order valence-electron chi connectivity index (χ0n) is 10.2. The van der Waals surface area contributed by atoms with Gasteiger partial charge in [0.05, 0.1) is 23.0 Å². The van der Waals surface area contributed by atoms with E-state index in [9.17, 15) is 13.6 Å². The molecule has 3 aromatic rings. The Labute approximate surface area is 112 Å². The number of hydrogen-bond donors (Lipinski definition) is 2. The molecule has 0 aliphatic heterocycles. The number of benzene rings is 2. The third-order valence-corrected chi connectivity index (χ3v) is 2.91. The number of H-pyrrole nitrogens is 1. The van der Waals surface area contributed by atoms with Gasteiger partial charge in [0.15, 0.2) is 0 Å². The lowest BCUT2D eigenvalue weighted by Gasteiger charge is -2.07. The van der Waals surface area contributed by atoms with Crippen molar-refractivity contribution in [3.05, 3.63) is 59.8 Å². The topological polar surface area (TPSA) is 57.8 Å². The van der Waals surface area contributed by atoms with E-state index in [4.69, 9.17) is 0 Å². The number of fused-ring (bicyclic) bond motifs is 1. The number of hydrogen-bond acceptors (Lipinski definition) is 2. The van der Waals surface area contributed by atoms with Crippen molar-refractivity contribution in [3.63, 3.8) is 0 Å². The van der Waals surface area contributed by atoms with E-state index in [1.165, 1.54) is 0 Å². The lowest BCUT2D eigenvalue weighted by Crippen LogP contribution is -2.14. The van der Waals surface area contributed by atoms with Gasteiger partial charge in [-0.15, -0.1) is 0 Å². The molecule has 2 N–H and O–H groups in total. The van der Waals surface area contributed by atoms with Crippen LogP contribution in [0.1, 0.15) is 10.4 Å². The van der Waals surface area contributed by atoms with Gasteiger partial charge in [-0.25, -0.2) is 8.78 Å². The van der Waals surface area contributed by atoms with Crippen LogP contribution in [0.2, 0.25) is 0 Å². The standard InChI is InChI=1S/C14H9F2N3O/c15-8-4-5-9(11(16)6-8)14(20)18-12-2-1-3-13-10(12)7-17-19-13/h1-7H,(H,17,19)(H,18,20). The number of aromatic nitrogens is 2. The van der Waals surface area contributed by atoms with Gasteiger partial charge in [0, 0.05) is 11.5 Å². The number of carbonyl (C=O) groups is 1. The van der Waals surface area contributed by atoms with Gasteiger partial charge < -0.3 is 5.32 Å². The normalized spacial score (nSPS) is 10.7. The van der Waals surface area contributed by atoms with Crippen molar-refractivity contribution in [1.29, 1.82) is 0 Å². The summed E-state index contributed by atoms with van der Waals surface area (Å²) in [5.74, 6) is -2.27. The summed E-state index contributed by atoms with van der Waals surface area (Å²) in [6.07, 6.45) is 1.56. The Balaban J connectivity index is 1.94. The molecule has 4 nitrogen and oxygen atoms in total. The summed E-state index contributed by atoms with van der Waals surface area (Å²) < 4.78 is 26.4. The molecule has 0 spiro atoms. The lowest BCUT2D eigenvalue weighted by molar-refractivity contribution is 0.102. The van der Waals surface area contributed by atoms with E-state index >= 15 is 0 Å². The fraction of sp³-hybridized carbons (Fsp3) is 0. The largest absolute Gasteiger partial charge is 0.321 e. The average Bonchev–Trinajstić information content (AvgIpc) is 2.87. The molecule has 0 saturated carbocycles. The van der Waals surface area contributed by atoms with Gasteiger partial charge in [-0.1, -0.05) is 6.07 Å². The van der Waals surface area contributed by atoms with Crippen molar-refractivity contribution >= 4 is 22.5 Å². The van der Waals surface area contributed by atoms with E-state index in [0.717, 1.165) is 17.6 Å². The first-order valence-corrected chi connectivity index (χ1v) is 5.83. The third-order valence-electron chi connectivity index (χ3n) is 2.91. The van der Waals surface area contributed by atoms with Crippen molar-refractivity contribution in [2.45, 2.75) is 0 Å². The second-order valence-electron chi connectivity index (χ2n) is 4.22. The second-order valence-corrected chi connectivity index (χ2v) is 4.22. The van der Waals surface area contributed by atoms with Crippen molar-refractivity contribution < 1.29 is 13.6 Å². The fourth-order valence-electron chi connectivity index (χ4n) is 1.94. The number of nitrogens with one attached hydrogen (secondary N) is 2. The monoisotopic (exact) mass is 273 g/mol. The van der Waals surface area contributed by atoms with E-state index in [1.54, 1.807) is 24.4 Å². The summed E-state index contributed by atoms with van der Waals surface area (Å²) in [7, 11) is 0. The van der Waals surface area contributed by atoms with Gasteiger partial charge in [0.25, 0.3) is 5.91 Å². The minimum absolute atomic E-state index is 0.216. The van der Waals surface area contributed by atoms with E-state index in [0.29, 0.717) is 17.1 Å². The molecule has 0 bridgehead atoms. The molecule has 3 rings (SSSR count). The Morgan fingerprint density at radius 2 is 2.05 bits per heavy atom. The molecule has 20 heavy (non-hydrogen) atoms. The van der Waals surface area contributed by atoms with Crippen molar-refractivity contribution in [2.24, 2.45) is 0 Å². The summed E-state index contributed by atoms with van der Waals surface area (Å²) in [5, 5.41) is 9.94. The average molecular weight is 273 g/mol. The van der Waals surface area contributed by atoms with E-state index in [1.807, 2.05) is 0 Å². The third kappa shape index (κ3) is 2.11. The van der Waals surface area contributed by atoms with Crippen LogP contribution < -0.4 is 5.32 Å². The Morgan fingerprint density at radius 1 is 1.20 bits per heavy atom. The Hall–Kier alpha value is -2.76. The minimum Gasteiger partial charge on any atom is -0.321 e. The molecule has 1 amide bonds. The molecule has 1 heterocycles. The van der Waals surface area contributed by atoms with Crippen molar-refractivity contribution in [1.82, 2.24) is 10.2 Å². The highest BCUT2D eigenvalue weighted by molar-refractivity contribution is 6.08. The summed E-state index contributed by atoms with van der Waals surface area (Å²) >= 11 is 0. The van der Waals surface area contributed by atoms with E-state index < -0.39 is 17.5 Å². The van der Waals surface area contributed by atoms with Crippen LogP contribution in [-0.4, -0.2) is 16.1 Å². The van der Waals surface area contributed by atoms with Crippen LogP contribution in [0.5, 0.6) is 0 Å². The number of rotatable bonds is 2. The number of amides is 1. The lowest BCUT2D eigenvalue weighted by atomic mass is 10.1. The molecule has 1 aromatic heterocycles. The van der Waals surface area contributed by atoms with Gasteiger partial charge in [-0.2, -0.15) is 5.10 Å². The molecule has 0 unspecified atom stereocenters. The molecule has 0 aliphatic rings. The molecule has 0 radical (unpaired) electrons. The summed E-state index contributed by atoms with van der Waals surface area (Å²) in [6, 6.07) is 8.03. The first kappa shape index (κ1) is 12.3. The number of aromatic amines is 1. The molecule has 0 saturated heterocycles. The number of anilines is 1. The molecular formula is C14H9F2N3O. The van der Waals surface area contributed by atoms with Crippen LogP contribution in [0.15, 0.2) is 42.6 Å². The van der Waals surface area contributed by atoms with Crippen LogP contribution in [0, 0.1) is 11.6 Å². The molecule has 100 valence electrons. The number of carbonyl (C=O) groups excluding carboxylic acids is 1. The van der Waals surface area contributed by atoms with Crippen molar-refractivity contribution in [2.75, 3.05) is 5.32 Å². The zero-order valence-corrected chi connectivity index (χ0v) is 10.2. The number of halogens is 2. The van der Waals surface area contributed by atoms with Gasteiger partial charge in [0.1, 0.15) is 11.6 Å². The van der Waals surface area contributed by atoms with Gasteiger partial charge >= 0.3 is 0 Å². The maximum atomic E-state index is 13.5. The van der Waals surface area contributed by atoms with Crippen LogP contribution >= 0.6 is 0 Å². The van der Waals surface area contributed by atoms with Crippen LogP contribution in [0.25, 0.3) is 10.9 Å². The Bertz CT molecular complexity index is 798. The highest BCUT2D eigenvalue weighted by Gasteiger charge is 2.14. The molecular weight excluding hydrogens is 264 g/mol. The van der Waals surface area contributed by atoms with Crippen LogP contribution in [-0.2, 0) is 0 Å². The van der Waals surface area contributed by atoms with E-state index in [2.05, 4.69) is 15.5 Å². The molecule has 6 heteroatoms. The highest BCUT2D eigenvalue weighted by Crippen LogP contribution is 2.22. The van der Waals surface area contributed by atoms with Crippen LogP contribution in [0.3, 0.4) is 0 Å². The van der Waals surface area contributed by atoms with Crippen molar-refractivity contribution in [3.8, 4) is 0 Å². The SMILES string of the molecule is O=C(Nc1cccc2[nH]ncc12)c1ccc(F)cc1F. The highest BCUT2D eigenvalue weighted by atomic mass is 19.1. The summed E-state index contributed by atoms with van der Waals surface area (Å²) in [5.41, 5.74) is 1.04. The maximum Gasteiger partial charge on any atom is 0.258 e. The minimum atomic E-state index is -0.901. The van der Waals surface area contributed by atoms with Gasteiger partial charge in [-0.05, 0) is 24.3 Å². The number of nitrogens with zero attached hydrogens (tertiary/aromatic N) is 1. The molecule has 2 aromatic carbocycles.